The number of halogens is 4. The third kappa shape index (κ3) is 3.53. The molecule has 0 aliphatic carbocycles. The van der Waals surface area contributed by atoms with Crippen LogP contribution in [-0.4, -0.2) is 5.11 Å². The van der Waals surface area contributed by atoms with E-state index in [9.17, 15) is 5.11 Å². The summed E-state index contributed by atoms with van der Waals surface area (Å²) in [7, 11) is 0. The van der Waals surface area contributed by atoms with Crippen LogP contribution in [0.2, 0.25) is 5.02 Å². The van der Waals surface area contributed by atoms with E-state index in [4.69, 9.17) is 11.6 Å². The van der Waals surface area contributed by atoms with Gasteiger partial charge in [0.25, 0.3) is 0 Å². The lowest BCUT2D eigenvalue weighted by molar-refractivity contribution is 0.219. The van der Waals surface area contributed by atoms with Crippen LogP contribution < -0.4 is 0 Å². The van der Waals surface area contributed by atoms with E-state index in [0.29, 0.717) is 5.02 Å². The van der Waals surface area contributed by atoms with Crippen LogP contribution in [0.1, 0.15) is 22.8 Å². The molecule has 1 N–H and O–H groups in total. The predicted molar refractivity (Wildman–Crippen MR) is 94.8 cm³/mol. The van der Waals surface area contributed by atoms with Gasteiger partial charge in [-0.2, -0.15) is 0 Å². The zero-order valence-corrected chi connectivity index (χ0v) is 16.0. The van der Waals surface area contributed by atoms with Crippen LogP contribution in [0.5, 0.6) is 0 Å². The molecule has 0 aliphatic heterocycles. The van der Waals surface area contributed by atoms with Gasteiger partial charge in [0.05, 0.1) is 5.02 Å². The molecule has 0 heterocycles. The van der Waals surface area contributed by atoms with Crippen molar-refractivity contribution in [1.29, 1.82) is 0 Å². The van der Waals surface area contributed by atoms with E-state index in [-0.39, 0.29) is 0 Å². The molecule has 1 nitrogen and oxygen atoms in total. The second-order valence-electron chi connectivity index (χ2n) is 4.20. The molecule has 0 fully saturated rings. The van der Waals surface area contributed by atoms with Crippen molar-refractivity contribution >= 4 is 66.1 Å². The molecule has 0 radical (unpaired) electrons. The Morgan fingerprint density at radius 3 is 2.47 bits per heavy atom. The Bertz CT molecular complexity index is 631. The zero-order valence-electron chi connectivity index (χ0n) is 9.92. The van der Waals surface area contributed by atoms with Crippen LogP contribution in [0, 0.1) is 10.5 Å². The van der Waals surface area contributed by atoms with Crippen LogP contribution in [0.25, 0.3) is 0 Å². The maximum Gasteiger partial charge on any atom is 0.105 e. The van der Waals surface area contributed by atoms with E-state index in [1.54, 1.807) is 6.07 Å². The third-order valence-electron chi connectivity index (χ3n) is 2.83. The van der Waals surface area contributed by atoms with Crippen LogP contribution in [0.4, 0.5) is 0 Å². The summed E-state index contributed by atoms with van der Waals surface area (Å²) in [5.41, 5.74) is 2.71. The van der Waals surface area contributed by atoms with E-state index >= 15 is 0 Å². The fourth-order valence-electron chi connectivity index (χ4n) is 1.73. The molecule has 0 spiro atoms. The smallest absolute Gasteiger partial charge is 0.105 e. The van der Waals surface area contributed by atoms with Crippen molar-refractivity contribution in [3.8, 4) is 0 Å². The van der Waals surface area contributed by atoms with E-state index in [2.05, 4.69) is 54.5 Å². The first-order valence-corrected chi connectivity index (χ1v) is 8.53. The first kappa shape index (κ1) is 15.8. The molecule has 0 amide bonds. The van der Waals surface area contributed by atoms with Crippen LogP contribution in [0.15, 0.2) is 39.3 Å². The summed E-state index contributed by atoms with van der Waals surface area (Å²) in [6.45, 7) is 2.01. The molecule has 2 rings (SSSR count). The van der Waals surface area contributed by atoms with E-state index < -0.39 is 6.10 Å². The fraction of sp³-hybridized carbons (Fsp3) is 0.143. The lowest BCUT2D eigenvalue weighted by Gasteiger charge is -2.15. The van der Waals surface area contributed by atoms with Crippen LogP contribution in [0.3, 0.4) is 0 Å². The van der Waals surface area contributed by atoms with Gasteiger partial charge in [0.2, 0.25) is 0 Å². The minimum absolute atomic E-state index is 0.652. The standard InChI is InChI=1S/C14H10Br2ClIO/c1-7-4-11(16)9(6-10(7)15)14(19)8-2-3-13(18)12(17)5-8/h2-6,14,19H,1H3. The van der Waals surface area contributed by atoms with Crippen molar-refractivity contribution in [2.45, 2.75) is 13.0 Å². The molecule has 0 saturated heterocycles. The first-order valence-electron chi connectivity index (χ1n) is 5.48. The molecule has 1 unspecified atom stereocenters. The molecule has 2 aromatic rings. The number of hydrogen-bond donors (Lipinski definition) is 1. The highest BCUT2D eigenvalue weighted by Crippen LogP contribution is 2.34. The molecule has 5 heteroatoms. The van der Waals surface area contributed by atoms with Gasteiger partial charge in [0.1, 0.15) is 6.10 Å². The van der Waals surface area contributed by atoms with Gasteiger partial charge >= 0.3 is 0 Å². The first-order chi connectivity index (χ1) is 8.90. The van der Waals surface area contributed by atoms with Gasteiger partial charge in [0.15, 0.2) is 0 Å². The number of hydrogen-bond acceptors (Lipinski definition) is 1. The maximum atomic E-state index is 10.5. The Kier molecular flexibility index (Phi) is 5.34. The Morgan fingerprint density at radius 1 is 1.16 bits per heavy atom. The van der Waals surface area contributed by atoms with Crippen molar-refractivity contribution in [3.63, 3.8) is 0 Å². The van der Waals surface area contributed by atoms with Crippen LogP contribution >= 0.6 is 66.1 Å². The van der Waals surface area contributed by atoms with Crippen LogP contribution in [-0.2, 0) is 0 Å². The molecule has 0 bridgehead atoms. The molecule has 100 valence electrons. The van der Waals surface area contributed by atoms with Gasteiger partial charge in [0, 0.05) is 18.1 Å². The summed E-state index contributed by atoms with van der Waals surface area (Å²) >= 11 is 15.3. The Labute approximate surface area is 147 Å². The molecular weight excluding hydrogens is 506 g/mol. The highest BCUT2D eigenvalue weighted by molar-refractivity contribution is 14.1. The van der Waals surface area contributed by atoms with Gasteiger partial charge in [-0.05, 0) is 64.9 Å². The number of aryl methyl sites for hydroxylation is 1. The average molecular weight is 516 g/mol. The highest BCUT2D eigenvalue weighted by Gasteiger charge is 2.16. The predicted octanol–water partition coefficient (Wildman–Crippen LogP) is 5.86. The van der Waals surface area contributed by atoms with E-state index in [1.165, 1.54) is 0 Å². The number of aliphatic hydroxyl groups is 1. The molecule has 0 aliphatic rings. The van der Waals surface area contributed by atoms with Gasteiger partial charge < -0.3 is 5.11 Å². The normalized spacial score (nSPS) is 12.5. The van der Waals surface area contributed by atoms with Crippen molar-refractivity contribution in [3.05, 3.63) is 64.6 Å². The minimum atomic E-state index is -0.708. The molecule has 0 aromatic heterocycles. The molecule has 1 atom stereocenters. The highest BCUT2D eigenvalue weighted by atomic mass is 127. The van der Waals surface area contributed by atoms with Gasteiger partial charge in [-0.1, -0.05) is 49.5 Å². The van der Waals surface area contributed by atoms with Crippen molar-refractivity contribution < 1.29 is 5.11 Å². The largest absolute Gasteiger partial charge is 0.384 e. The van der Waals surface area contributed by atoms with E-state index in [0.717, 1.165) is 29.2 Å². The summed E-state index contributed by atoms with van der Waals surface area (Å²) in [5.74, 6) is 0. The quantitative estimate of drug-likeness (QED) is 0.496. The minimum Gasteiger partial charge on any atom is -0.384 e. The lowest BCUT2D eigenvalue weighted by Crippen LogP contribution is -2.01. The number of rotatable bonds is 2. The summed E-state index contributed by atoms with van der Waals surface area (Å²) in [6.07, 6.45) is -0.708. The Morgan fingerprint density at radius 2 is 1.84 bits per heavy atom. The van der Waals surface area contributed by atoms with Crippen molar-refractivity contribution in [2.24, 2.45) is 0 Å². The molecule has 2 aromatic carbocycles. The van der Waals surface area contributed by atoms with Crippen molar-refractivity contribution in [1.82, 2.24) is 0 Å². The zero-order chi connectivity index (χ0) is 14.2. The lowest BCUT2D eigenvalue weighted by atomic mass is 10.0. The second kappa shape index (κ2) is 6.43. The summed E-state index contributed by atoms with van der Waals surface area (Å²) in [4.78, 5) is 0. The maximum absolute atomic E-state index is 10.5. The summed E-state index contributed by atoms with van der Waals surface area (Å²) < 4.78 is 2.83. The number of aliphatic hydroxyl groups excluding tert-OH is 1. The van der Waals surface area contributed by atoms with Crippen molar-refractivity contribution in [2.75, 3.05) is 0 Å². The van der Waals surface area contributed by atoms with Gasteiger partial charge in [-0.3, -0.25) is 0 Å². The molecular formula is C14H10Br2ClIO. The average Bonchev–Trinajstić information content (AvgIpc) is 2.36. The third-order valence-corrected chi connectivity index (χ3v) is 5.95. The van der Waals surface area contributed by atoms with Gasteiger partial charge in [-0.25, -0.2) is 0 Å². The summed E-state index contributed by atoms with van der Waals surface area (Å²) in [6, 6.07) is 9.50. The summed E-state index contributed by atoms with van der Waals surface area (Å²) in [5, 5.41) is 11.1. The Hall–Kier alpha value is 0.380. The monoisotopic (exact) mass is 514 g/mol. The SMILES string of the molecule is Cc1cc(Br)c(C(O)c2ccc(I)c(Cl)c2)cc1Br. The Balaban J connectivity index is 2.46. The topological polar surface area (TPSA) is 20.2 Å². The number of benzene rings is 2. The van der Waals surface area contributed by atoms with Gasteiger partial charge in [-0.15, -0.1) is 0 Å². The molecule has 19 heavy (non-hydrogen) atoms. The fourth-order valence-corrected chi connectivity index (χ4v) is 3.29. The second-order valence-corrected chi connectivity index (χ2v) is 7.48. The molecule has 0 saturated carbocycles. The van der Waals surface area contributed by atoms with E-state index in [1.807, 2.05) is 31.2 Å².